The lowest BCUT2D eigenvalue weighted by Crippen LogP contribution is -2.11. The number of nitrogens with zero attached hydrogens (tertiary/aromatic N) is 1. The summed E-state index contributed by atoms with van der Waals surface area (Å²) in [5.74, 6) is 0.126. The van der Waals surface area contributed by atoms with Gasteiger partial charge in [-0.3, -0.25) is 4.79 Å². The molecule has 1 aromatic rings. The van der Waals surface area contributed by atoms with Gasteiger partial charge >= 0.3 is 0 Å². The number of ketones is 1. The second-order valence-electron chi connectivity index (χ2n) is 5.26. The van der Waals surface area contributed by atoms with Crippen LogP contribution in [0.4, 0.5) is 0 Å². The summed E-state index contributed by atoms with van der Waals surface area (Å²) in [5, 5.41) is 8.41. The molecule has 2 heteroatoms. The quantitative estimate of drug-likeness (QED) is 0.581. The second kappa shape index (κ2) is 5.63. The Morgan fingerprint density at radius 2 is 1.82 bits per heavy atom. The summed E-state index contributed by atoms with van der Waals surface area (Å²) in [6, 6.07) is 9.84. The van der Waals surface area contributed by atoms with Crippen LogP contribution in [0, 0.1) is 11.3 Å². The third kappa shape index (κ3) is 4.03. The van der Waals surface area contributed by atoms with Crippen LogP contribution in [0.15, 0.2) is 24.3 Å². The van der Waals surface area contributed by atoms with Crippen molar-refractivity contribution in [2.45, 2.75) is 45.4 Å². The Bertz CT molecular complexity index is 418. The molecule has 0 N–H and O–H groups in total. The van der Waals surface area contributed by atoms with Crippen LogP contribution in [0.5, 0.6) is 0 Å². The fraction of sp³-hybridized carbons (Fsp3) is 0.467. The SMILES string of the molecule is CC(C)(C)c1ccc(C(=O)CCCC#N)cc1. The van der Waals surface area contributed by atoms with E-state index in [1.165, 1.54) is 5.56 Å². The monoisotopic (exact) mass is 229 g/mol. The molecule has 0 aromatic heterocycles. The van der Waals surface area contributed by atoms with E-state index in [0.717, 1.165) is 5.56 Å². The van der Waals surface area contributed by atoms with E-state index in [4.69, 9.17) is 5.26 Å². The number of Topliss-reactive ketones (excluding diaryl/α,β-unsaturated/α-hetero) is 1. The largest absolute Gasteiger partial charge is 0.294 e. The molecule has 0 saturated heterocycles. The molecule has 0 fully saturated rings. The Hall–Kier alpha value is -1.62. The van der Waals surface area contributed by atoms with Gasteiger partial charge in [-0.05, 0) is 17.4 Å². The summed E-state index contributed by atoms with van der Waals surface area (Å²) in [6.07, 6.45) is 1.56. The van der Waals surface area contributed by atoms with Crippen molar-refractivity contribution < 1.29 is 4.79 Å². The van der Waals surface area contributed by atoms with Crippen LogP contribution < -0.4 is 0 Å². The predicted molar refractivity (Wildman–Crippen MR) is 68.9 cm³/mol. The maximum atomic E-state index is 11.8. The fourth-order valence-corrected chi connectivity index (χ4v) is 1.63. The molecule has 0 saturated carbocycles. The Morgan fingerprint density at radius 3 is 2.29 bits per heavy atom. The lowest BCUT2D eigenvalue weighted by atomic mass is 9.86. The molecule has 0 bridgehead atoms. The number of hydrogen-bond acceptors (Lipinski definition) is 2. The summed E-state index contributed by atoms with van der Waals surface area (Å²) in [6.45, 7) is 6.45. The van der Waals surface area contributed by atoms with Crippen LogP contribution in [0.2, 0.25) is 0 Å². The van der Waals surface area contributed by atoms with Crippen molar-refractivity contribution in [3.8, 4) is 6.07 Å². The first kappa shape index (κ1) is 13.4. The maximum absolute atomic E-state index is 11.8. The summed E-state index contributed by atoms with van der Waals surface area (Å²) in [5.41, 5.74) is 2.09. The fourth-order valence-electron chi connectivity index (χ4n) is 1.63. The van der Waals surface area contributed by atoms with Crippen molar-refractivity contribution in [2.24, 2.45) is 0 Å². The zero-order valence-corrected chi connectivity index (χ0v) is 10.8. The molecule has 0 amide bonds. The Labute approximate surface area is 103 Å². The van der Waals surface area contributed by atoms with Gasteiger partial charge in [-0.1, -0.05) is 45.0 Å². The molecule has 0 aliphatic carbocycles. The Balaban J connectivity index is 2.68. The predicted octanol–water partition coefficient (Wildman–Crippen LogP) is 3.86. The summed E-state index contributed by atoms with van der Waals surface area (Å²) in [7, 11) is 0. The number of carbonyl (C=O) groups excluding carboxylic acids is 1. The first-order chi connectivity index (χ1) is 7.95. The number of unbranched alkanes of at least 4 members (excludes halogenated alkanes) is 1. The topological polar surface area (TPSA) is 40.9 Å². The molecule has 90 valence electrons. The standard InChI is InChI=1S/C15H19NO/c1-15(2,3)13-9-7-12(8-10-13)14(17)6-4-5-11-16/h7-10H,4-6H2,1-3H3. The smallest absolute Gasteiger partial charge is 0.162 e. The Morgan fingerprint density at radius 1 is 1.24 bits per heavy atom. The number of hydrogen-bond donors (Lipinski definition) is 0. The van der Waals surface area contributed by atoms with Crippen LogP contribution in [-0.4, -0.2) is 5.78 Å². The van der Waals surface area contributed by atoms with Gasteiger partial charge in [0.1, 0.15) is 0 Å². The van der Waals surface area contributed by atoms with Gasteiger partial charge in [-0.2, -0.15) is 5.26 Å². The van der Waals surface area contributed by atoms with Crippen LogP contribution >= 0.6 is 0 Å². The average molecular weight is 229 g/mol. The number of benzene rings is 1. The molecule has 1 aromatic carbocycles. The summed E-state index contributed by atoms with van der Waals surface area (Å²) >= 11 is 0. The molecule has 0 heterocycles. The third-order valence-corrected chi connectivity index (χ3v) is 2.77. The third-order valence-electron chi connectivity index (χ3n) is 2.77. The van der Waals surface area contributed by atoms with E-state index >= 15 is 0 Å². The van der Waals surface area contributed by atoms with Gasteiger partial charge < -0.3 is 0 Å². The molecule has 2 nitrogen and oxygen atoms in total. The molecule has 0 aliphatic heterocycles. The lowest BCUT2D eigenvalue weighted by Gasteiger charge is -2.18. The van der Waals surface area contributed by atoms with Gasteiger partial charge in [0.15, 0.2) is 5.78 Å². The van der Waals surface area contributed by atoms with Crippen LogP contribution in [0.1, 0.15) is 56.0 Å². The van der Waals surface area contributed by atoms with E-state index in [9.17, 15) is 4.79 Å². The molecule has 0 aliphatic rings. The van der Waals surface area contributed by atoms with Crippen LogP contribution in [0.25, 0.3) is 0 Å². The first-order valence-electron chi connectivity index (χ1n) is 5.96. The highest BCUT2D eigenvalue weighted by molar-refractivity contribution is 5.96. The van der Waals surface area contributed by atoms with Gasteiger partial charge in [-0.15, -0.1) is 0 Å². The van der Waals surface area contributed by atoms with Crippen molar-refractivity contribution in [1.82, 2.24) is 0 Å². The van der Waals surface area contributed by atoms with E-state index < -0.39 is 0 Å². The van der Waals surface area contributed by atoms with E-state index in [0.29, 0.717) is 19.3 Å². The molecular formula is C15H19NO. The highest BCUT2D eigenvalue weighted by atomic mass is 16.1. The van der Waals surface area contributed by atoms with E-state index in [1.807, 2.05) is 24.3 Å². The van der Waals surface area contributed by atoms with Crippen molar-refractivity contribution in [2.75, 3.05) is 0 Å². The lowest BCUT2D eigenvalue weighted by molar-refractivity contribution is 0.0980. The van der Waals surface area contributed by atoms with E-state index in [2.05, 4.69) is 26.8 Å². The van der Waals surface area contributed by atoms with Crippen LogP contribution in [-0.2, 0) is 5.41 Å². The minimum absolute atomic E-state index is 0.113. The molecule has 0 spiro atoms. The van der Waals surface area contributed by atoms with Gasteiger partial charge in [0, 0.05) is 18.4 Å². The van der Waals surface area contributed by atoms with Crippen LogP contribution in [0.3, 0.4) is 0 Å². The van der Waals surface area contributed by atoms with Crippen molar-refractivity contribution >= 4 is 5.78 Å². The second-order valence-corrected chi connectivity index (χ2v) is 5.26. The highest BCUT2D eigenvalue weighted by Gasteiger charge is 2.14. The Kier molecular flexibility index (Phi) is 4.45. The average Bonchev–Trinajstić information content (AvgIpc) is 2.28. The molecule has 0 unspecified atom stereocenters. The minimum atomic E-state index is 0.113. The highest BCUT2D eigenvalue weighted by Crippen LogP contribution is 2.22. The molecule has 0 atom stereocenters. The minimum Gasteiger partial charge on any atom is -0.294 e. The van der Waals surface area contributed by atoms with Gasteiger partial charge in [0.2, 0.25) is 0 Å². The van der Waals surface area contributed by atoms with Gasteiger partial charge in [0.25, 0.3) is 0 Å². The number of nitriles is 1. The zero-order valence-electron chi connectivity index (χ0n) is 10.8. The van der Waals surface area contributed by atoms with Crippen molar-refractivity contribution in [1.29, 1.82) is 5.26 Å². The number of rotatable bonds is 4. The summed E-state index contributed by atoms with van der Waals surface area (Å²) < 4.78 is 0. The zero-order chi connectivity index (χ0) is 12.9. The maximum Gasteiger partial charge on any atom is 0.162 e. The van der Waals surface area contributed by atoms with Gasteiger partial charge in [-0.25, -0.2) is 0 Å². The normalized spacial score (nSPS) is 10.9. The molecule has 17 heavy (non-hydrogen) atoms. The van der Waals surface area contributed by atoms with Gasteiger partial charge in [0.05, 0.1) is 6.07 Å². The number of carbonyl (C=O) groups is 1. The van der Waals surface area contributed by atoms with Crippen molar-refractivity contribution in [3.63, 3.8) is 0 Å². The van der Waals surface area contributed by atoms with E-state index in [-0.39, 0.29) is 11.2 Å². The summed E-state index contributed by atoms with van der Waals surface area (Å²) in [4.78, 5) is 11.8. The first-order valence-corrected chi connectivity index (χ1v) is 5.96. The van der Waals surface area contributed by atoms with E-state index in [1.54, 1.807) is 0 Å². The molecule has 1 rings (SSSR count). The molecule has 0 radical (unpaired) electrons. The molecular weight excluding hydrogens is 210 g/mol. The van der Waals surface area contributed by atoms with Crippen molar-refractivity contribution in [3.05, 3.63) is 35.4 Å².